The molecule has 1 aliphatic heterocycles. The van der Waals surface area contributed by atoms with Crippen molar-refractivity contribution in [3.05, 3.63) is 44.5 Å². The quantitative estimate of drug-likeness (QED) is 0.690. The summed E-state index contributed by atoms with van der Waals surface area (Å²) in [6, 6.07) is 4.09. The van der Waals surface area contributed by atoms with E-state index in [0.717, 1.165) is 11.3 Å². The van der Waals surface area contributed by atoms with Crippen molar-refractivity contribution in [3.63, 3.8) is 0 Å². The molecule has 1 aromatic heterocycles. The molecule has 0 spiro atoms. The van der Waals surface area contributed by atoms with Gasteiger partial charge in [-0.2, -0.15) is 0 Å². The van der Waals surface area contributed by atoms with E-state index in [9.17, 15) is 22.8 Å². The highest BCUT2D eigenvalue weighted by atomic mass is 32.2. The molecular formula is C17H19N3O6S2. The Hall–Kier alpha value is -2.50. The van der Waals surface area contributed by atoms with Crippen LogP contribution in [0.5, 0.6) is 0 Å². The molecule has 0 radical (unpaired) electrons. The van der Waals surface area contributed by atoms with Crippen LogP contribution in [0, 0.1) is 6.92 Å². The molecular weight excluding hydrogens is 406 g/mol. The first kappa shape index (κ1) is 20.2. The summed E-state index contributed by atoms with van der Waals surface area (Å²) in [4.78, 5) is 37.4. The number of nitrogens with two attached hydrogens (primary N) is 1. The monoisotopic (exact) mass is 425 g/mol. The van der Waals surface area contributed by atoms with Gasteiger partial charge in [-0.1, -0.05) is 11.3 Å². The van der Waals surface area contributed by atoms with Gasteiger partial charge < -0.3 is 9.64 Å². The molecule has 0 unspecified atom stereocenters. The Bertz CT molecular complexity index is 1100. The van der Waals surface area contributed by atoms with Crippen molar-refractivity contribution in [2.24, 2.45) is 5.14 Å². The molecule has 150 valence electrons. The lowest BCUT2D eigenvalue weighted by atomic mass is 10.1. The number of thiazole rings is 1. The van der Waals surface area contributed by atoms with Gasteiger partial charge in [0.25, 0.3) is 5.91 Å². The van der Waals surface area contributed by atoms with E-state index < -0.39 is 28.5 Å². The normalized spacial score (nSPS) is 16.1. The first-order valence-electron chi connectivity index (χ1n) is 8.36. The molecule has 1 atom stereocenters. The van der Waals surface area contributed by atoms with Gasteiger partial charge in [0.15, 0.2) is 6.61 Å². The molecule has 3 rings (SSSR count). The van der Waals surface area contributed by atoms with Crippen molar-refractivity contribution in [2.75, 3.05) is 11.5 Å². The van der Waals surface area contributed by atoms with E-state index in [1.54, 1.807) is 12.3 Å². The van der Waals surface area contributed by atoms with Crippen LogP contribution in [0.25, 0.3) is 0 Å². The van der Waals surface area contributed by atoms with Crippen LogP contribution in [0.15, 0.2) is 33.3 Å². The standard InChI is InChI=1S/C17H19N3O6S2/c1-10-5-12-6-13(28(18,24)25)3-4-14(12)20(10)15(21)8-26-16(22)7-19-11(2)9-27-17(19)23/h3-4,6,9-10H,5,7-8H2,1-2H3,(H2,18,24,25)/t10-/m1/s1. The maximum absolute atomic E-state index is 12.6. The SMILES string of the molecule is Cc1csc(=O)n1CC(=O)OCC(=O)N1c2ccc(S(N)(=O)=O)cc2C[C@H]1C. The highest BCUT2D eigenvalue weighted by Gasteiger charge is 2.32. The summed E-state index contributed by atoms with van der Waals surface area (Å²) in [5.74, 6) is -1.12. The number of primary sulfonamides is 1. The number of ether oxygens (including phenoxy) is 1. The minimum absolute atomic E-state index is 0.0178. The lowest BCUT2D eigenvalue weighted by Gasteiger charge is -2.22. The Morgan fingerprint density at radius 1 is 1.36 bits per heavy atom. The van der Waals surface area contributed by atoms with E-state index in [0.29, 0.717) is 23.4 Å². The molecule has 1 aromatic carbocycles. The summed E-state index contributed by atoms with van der Waals surface area (Å²) in [6.07, 6.45) is 0.460. The van der Waals surface area contributed by atoms with Gasteiger partial charge in [-0.25, -0.2) is 13.6 Å². The van der Waals surface area contributed by atoms with Crippen molar-refractivity contribution in [1.29, 1.82) is 0 Å². The predicted molar refractivity (Wildman–Crippen MR) is 103 cm³/mol. The molecule has 1 aliphatic rings. The van der Waals surface area contributed by atoms with Crippen molar-refractivity contribution in [1.82, 2.24) is 4.57 Å². The van der Waals surface area contributed by atoms with Crippen LogP contribution in [0.3, 0.4) is 0 Å². The Kier molecular flexibility index (Phi) is 5.41. The van der Waals surface area contributed by atoms with Gasteiger partial charge in [0, 0.05) is 22.8 Å². The fourth-order valence-electron chi connectivity index (χ4n) is 3.15. The third-order valence-corrected chi connectivity index (χ3v) is 6.28. The first-order chi connectivity index (χ1) is 13.1. The van der Waals surface area contributed by atoms with E-state index in [1.807, 2.05) is 6.92 Å². The van der Waals surface area contributed by atoms with Crippen molar-refractivity contribution in [2.45, 2.75) is 37.8 Å². The van der Waals surface area contributed by atoms with Crippen LogP contribution in [0.1, 0.15) is 18.2 Å². The van der Waals surface area contributed by atoms with Gasteiger partial charge in [0.2, 0.25) is 10.0 Å². The van der Waals surface area contributed by atoms with Gasteiger partial charge in [-0.15, -0.1) is 0 Å². The van der Waals surface area contributed by atoms with Gasteiger partial charge in [-0.05, 0) is 44.0 Å². The fourth-order valence-corrected chi connectivity index (χ4v) is 4.45. The summed E-state index contributed by atoms with van der Waals surface area (Å²) in [7, 11) is -3.83. The zero-order valence-electron chi connectivity index (χ0n) is 15.2. The minimum Gasteiger partial charge on any atom is -0.454 e. The number of fused-ring (bicyclic) bond motifs is 1. The van der Waals surface area contributed by atoms with Crippen molar-refractivity contribution in [3.8, 4) is 0 Å². The number of hydrogen-bond acceptors (Lipinski definition) is 7. The molecule has 0 saturated heterocycles. The number of amides is 1. The van der Waals surface area contributed by atoms with Crippen LogP contribution in [-0.2, 0) is 37.3 Å². The molecule has 28 heavy (non-hydrogen) atoms. The molecule has 0 fully saturated rings. The Morgan fingerprint density at radius 2 is 2.07 bits per heavy atom. The second-order valence-electron chi connectivity index (χ2n) is 6.54. The van der Waals surface area contributed by atoms with Crippen LogP contribution >= 0.6 is 11.3 Å². The number of benzene rings is 1. The smallest absolute Gasteiger partial charge is 0.326 e. The van der Waals surface area contributed by atoms with Crippen molar-refractivity contribution < 1.29 is 22.7 Å². The highest BCUT2D eigenvalue weighted by Crippen LogP contribution is 2.33. The maximum Gasteiger partial charge on any atom is 0.326 e. The fraction of sp³-hybridized carbons (Fsp3) is 0.353. The van der Waals surface area contributed by atoms with E-state index in [2.05, 4.69) is 0 Å². The van der Waals surface area contributed by atoms with Crippen LogP contribution < -0.4 is 14.9 Å². The summed E-state index contributed by atoms with van der Waals surface area (Å²) >= 11 is 0.986. The third kappa shape index (κ3) is 4.01. The van der Waals surface area contributed by atoms with Crippen molar-refractivity contribution >= 4 is 38.9 Å². The molecule has 0 saturated carbocycles. The van der Waals surface area contributed by atoms with E-state index in [-0.39, 0.29) is 22.4 Å². The van der Waals surface area contributed by atoms with Gasteiger partial charge in [0.1, 0.15) is 6.54 Å². The second kappa shape index (κ2) is 7.49. The molecule has 0 bridgehead atoms. The van der Waals surface area contributed by atoms with E-state index >= 15 is 0 Å². The van der Waals surface area contributed by atoms with Gasteiger partial charge in [-0.3, -0.25) is 19.0 Å². The Balaban J connectivity index is 1.69. The first-order valence-corrected chi connectivity index (χ1v) is 10.8. The molecule has 2 heterocycles. The average Bonchev–Trinajstić information content (AvgIpc) is 3.11. The number of rotatable bonds is 5. The van der Waals surface area contributed by atoms with Crippen LogP contribution in [0.4, 0.5) is 5.69 Å². The number of aromatic nitrogens is 1. The number of carbonyl (C=O) groups is 2. The number of hydrogen-bond donors (Lipinski definition) is 1. The Morgan fingerprint density at radius 3 is 2.68 bits per heavy atom. The second-order valence-corrected chi connectivity index (χ2v) is 8.92. The Labute approximate surface area is 165 Å². The lowest BCUT2D eigenvalue weighted by molar-refractivity contribution is -0.148. The summed E-state index contributed by atoms with van der Waals surface area (Å²) < 4.78 is 29.3. The molecule has 2 aromatic rings. The van der Waals surface area contributed by atoms with Gasteiger partial charge >= 0.3 is 10.8 Å². The molecule has 0 aliphatic carbocycles. The van der Waals surface area contributed by atoms with E-state index in [4.69, 9.17) is 9.88 Å². The van der Waals surface area contributed by atoms with E-state index in [1.165, 1.54) is 27.7 Å². The average molecular weight is 425 g/mol. The number of anilines is 1. The number of esters is 1. The number of carbonyl (C=O) groups excluding carboxylic acids is 2. The number of aryl methyl sites for hydroxylation is 1. The predicted octanol–water partition coefficient (Wildman–Crippen LogP) is 0.387. The molecule has 11 heteroatoms. The van der Waals surface area contributed by atoms with Crippen LogP contribution in [0.2, 0.25) is 0 Å². The highest BCUT2D eigenvalue weighted by molar-refractivity contribution is 7.89. The zero-order chi connectivity index (χ0) is 20.6. The lowest BCUT2D eigenvalue weighted by Crippen LogP contribution is -2.39. The molecule has 1 amide bonds. The molecule has 9 nitrogen and oxygen atoms in total. The summed E-state index contributed by atoms with van der Waals surface area (Å²) in [5, 5.41) is 6.79. The van der Waals surface area contributed by atoms with Crippen LogP contribution in [-0.4, -0.2) is 37.5 Å². The number of sulfonamides is 1. The third-order valence-electron chi connectivity index (χ3n) is 4.48. The number of nitrogens with zero attached hydrogens (tertiary/aromatic N) is 2. The minimum atomic E-state index is -3.83. The zero-order valence-corrected chi connectivity index (χ0v) is 16.9. The maximum atomic E-state index is 12.6. The van der Waals surface area contributed by atoms with Gasteiger partial charge in [0.05, 0.1) is 4.90 Å². The largest absolute Gasteiger partial charge is 0.454 e. The topological polar surface area (TPSA) is 129 Å². The summed E-state index contributed by atoms with van der Waals surface area (Å²) in [5.41, 5.74) is 1.89. The summed E-state index contributed by atoms with van der Waals surface area (Å²) in [6.45, 7) is 2.78. The molecule has 2 N–H and O–H groups in total.